The summed E-state index contributed by atoms with van der Waals surface area (Å²) < 4.78 is 65.7. The summed E-state index contributed by atoms with van der Waals surface area (Å²) in [5.41, 5.74) is 0.618. The minimum atomic E-state index is -4.20. The zero-order chi connectivity index (χ0) is 20.9. The molecule has 0 aromatic heterocycles. The van der Waals surface area contributed by atoms with Crippen LogP contribution in [0.2, 0.25) is 0 Å². The van der Waals surface area contributed by atoms with Crippen molar-refractivity contribution >= 4 is 26.0 Å². The van der Waals surface area contributed by atoms with E-state index in [1.54, 1.807) is 0 Å². The van der Waals surface area contributed by atoms with Gasteiger partial charge in [-0.05, 0) is 43.8 Å². The third-order valence-corrected chi connectivity index (χ3v) is 6.82. The molecular weight excluding hydrogens is 409 g/mol. The number of hydrogen-bond donors (Lipinski definition) is 3. The first-order chi connectivity index (χ1) is 13.1. The minimum absolute atomic E-state index is 0.0600. The van der Waals surface area contributed by atoms with Gasteiger partial charge in [-0.1, -0.05) is 24.3 Å². The van der Waals surface area contributed by atoms with Gasteiger partial charge < -0.3 is 5.32 Å². The second kappa shape index (κ2) is 8.78. The Morgan fingerprint density at radius 2 is 1.61 bits per heavy atom. The lowest BCUT2D eigenvalue weighted by atomic mass is 10.2. The van der Waals surface area contributed by atoms with Gasteiger partial charge in [-0.25, -0.2) is 25.9 Å². The summed E-state index contributed by atoms with van der Waals surface area (Å²) in [5, 5.41) is 2.53. The molecule has 1 amide bonds. The molecule has 8 nitrogen and oxygen atoms in total. The maximum absolute atomic E-state index is 13.7. The van der Waals surface area contributed by atoms with E-state index in [2.05, 4.69) is 14.8 Å². The van der Waals surface area contributed by atoms with Crippen molar-refractivity contribution in [3.8, 4) is 0 Å². The van der Waals surface area contributed by atoms with Gasteiger partial charge >= 0.3 is 0 Å². The molecule has 0 unspecified atom stereocenters. The number of hydrogen-bond acceptors (Lipinski definition) is 5. The van der Waals surface area contributed by atoms with E-state index in [0.717, 1.165) is 12.1 Å². The normalized spacial score (nSPS) is 13.1. The topological polar surface area (TPSA) is 121 Å². The predicted octanol–water partition coefficient (Wildman–Crippen LogP) is 0.717. The summed E-state index contributed by atoms with van der Waals surface area (Å²) in [6.45, 7) is 1.39. The molecule has 3 N–H and O–H groups in total. The largest absolute Gasteiger partial charge is 0.351 e. The molecule has 0 heterocycles. The number of carbonyl (C=O) groups excluding carboxylic acids is 1. The maximum atomic E-state index is 13.7. The molecular formula is C17H20FN3O5S2. The Balaban J connectivity index is 1.98. The van der Waals surface area contributed by atoms with Crippen LogP contribution < -0.4 is 14.8 Å². The summed E-state index contributed by atoms with van der Waals surface area (Å²) in [5.74, 6) is -1.54. The zero-order valence-corrected chi connectivity index (χ0v) is 16.8. The highest BCUT2D eigenvalue weighted by molar-refractivity contribution is 7.89. The van der Waals surface area contributed by atoms with Crippen LogP contribution in [0.3, 0.4) is 0 Å². The van der Waals surface area contributed by atoms with Gasteiger partial charge in [0.2, 0.25) is 26.0 Å². The molecule has 0 aliphatic heterocycles. The number of halogens is 1. The number of amides is 1. The van der Waals surface area contributed by atoms with Crippen molar-refractivity contribution < 1.29 is 26.0 Å². The Bertz CT molecular complexity index is 1050. The highest BCUT2D eigenvalue weighted by atomic mass is 32.2. The quantitative estimate of drug-likeness (QED) is 0.571. The molecule has 28 heavy (non-hydrogen) atoms. The van der Waals surface area contributed by atoms with Crippen LogP contribution in [-0.2, 0) is 31.4 Å². The number of carbonyl (C=O) groups is 1. The van der Waals surface area contributed by atoms with Gasteiger partial charge in [0.15, 0.2) is 0 Å². The Kier molecular flexibility index (Phi) is 6.88. The van der Waals surface area contributed by atoms with Crippen molar-refractivity contribution in [2.45, 2.75) is 29.3 Å². The first kappa shape index (κ1) is 22.0. The van der Waals surface area contributed by atoms with Gasteiger partial charge in [0.1, 0.15) is 10.7 Å². The van der Waals surface area contributed by atoms with E-state index in [1.165, 1.54) is 50.4 Å². The van der Waals surface area contributed by atoms with E-state index < -0.39 is 42.7 Å². The molecule has 0 spiro atoms. The van der Waals surface area contributed by atoms with Crippen molar-refractivity contribution in [3.63, 3.8) is 0 Å². The summed E-state index contributed by atoms with van der Waals surface area (Å²) in [4.78, 5) is 11.7. The van der Waals surface area contributed by atoms with Gasteiger partial charge in [-0.2, -0.15) is 4.72 Å². The number of nitrogens with one attached hydrogen (secondary N) is 3. The summed E-state index contributed by atoms with van der Waals surface area (Å²) in [6, 6.07) is 9.53. The molecule has 2 aromatic rings. The van der Waals surface area contributed by atoms with Crippen LogP contribution in [0.15, 0.2) is 58.3 Å². The van der Waals surface area contributed by atoms with Crippen molar-refractivity contribution in [2.24, 2.45) is 0 Å². The molecule has 1 atom stereocenters. The van der Waals surface area contributed by atoms with E-state index in [4.69, 9.17) is 0 Å². The third kappa shape index (κ3) is 5.35. The molecule has 2 rings (SSSR count). The van der Waals surface area contributed by atoms with Gasteiger partial charge in [-0.3, -0.25) is 4.79 Å². The molecule has 11 heteroatoms. The Labute approximate surface area is 163 Å². The molecule has 0 saturated carbocycles. The summed E-state index contributed by atoms with van der Waals surface area (Å²) in [6.07, 6.45) is 0. The molecule has 0 aliphatic carbocycles. The van der Waals surface area contributed by atoms with Crippen molar-refractivity contribution in [2.75, 3.05) is 7.05 Å². The average Bonchev–Trinajstić information content (AvgIpc) is 2.66. The van der Waals surface area contributed by atoms with Gasteiger partial charge in [0.05, 0.1) is 10.9 Å². The second-order valence-electron chi connectivity index (χ2n) is 5.84. The van der Waals surface area contributed by atoms with Crippen LogP contribution >= 0.6 is 0 Å². The Morgan fingerprint density at radius 1 is 1.00 bits per heavy atom. The first-order valence-corrected chi connectivity index (χ1v) is 11.1. The van der Waals surface area contributed by atoms with Crippen LogP contribution in [0.5, 0.6) is 0 Å². The summed E-state index contributed by atoms with van der Waals surface area (Å²) in [7, 11) is -6.46. The fourth-order valence-electron chi connectivity index (χ4n) is 2.26. The monoisotopic (exact) mass is 429 g/mol. The lowest BCUT2D eigenvalue weighted by Crippen LogP contribution is -2.44. The van der Waals surface area contributed by atoms with Crippen LogP contribution in [-0.4, -0.2) is 35.8 Å². The second-order valence-corrected chi connectivity index (χ2v) is 9.41. The molecule has 2 aromatic carbocycles. The number of rotatable bonds is 8. The molecule has 0 aliphatic rings. The van der Waals surface area contributed by atoms with Crippen LogP contribution in [0.25, 0.3) is 0 Å². The van der Waals surface area contributed by atoms with Crippen molar-refractivity contribution in [1.82, 2.24) is 14.8 Å². The fraction of sp³-hybridized carbons (Fsp3) is 0.235. The third-order valence-electron chi connectivity index (χ3n) is 3.82. The fourth-order valence-corrected chi connectivity index (χ4v) is 4.27. The standard InChI is InChI=1S/C17H20FN3O5S2/c1-12(21-28(25,26)16-6-4-3-5-15(16)18)17(22)20-11-13-7-9-14(10-8-13)27(23,24)19-2/h3-10,12,19,21H,11H2,1-2H3,(H,20,22)/t12-/m0/s1. The van der Waals surface area contributed by atoms with Crippen LogP contribution in [0, 0.1) is 5.82 Å². The first-order valence-electron chi connectivity index (χ1n) is 8.14. The van der Waals surface area contributed by atoms with E-state index in [-0.39, 0.29) is 11.4 Å². The van der Waals surface area contributed by atoms with Crippen molar-refractivity contribution in [3.05, 3.63) is 59.9 Å². The lowest BCUT2D eigenvalue weighted by Gasteiger charge is -2.15. The molecule has 0 radical (unpaired) electrons. The van der Waals surface area contributed by atoms with Gasteiger partial charge in [0.25, 0.3) is 0 Å². The Morgan fingerprint density at radius 3 is 2.18 bits per heavy atom. The molecule has 152 valence electrons. The maximum Gasteiger partial charge on any atom is 0.244 e. The minimum Gasteiger partial charge on any atom is -0.351 e. The predicted molar refractivity (Wildman–Crippen MR) is 101 cm³/mol. The molecule has 0 bridgehead atoms. The number of benzene rings is 2. The zero-order valence-electron chi connectivity index (χ0n) is 15.1. The van der Waals surface area contributed by atoms with E-state index in [0.29, 0.717) is 5.56 Å². The van der Waals surface area contributed by atoms with Crippen LogP contribution in [0.4, 0.5) is 4.39 Å². The van der Waals surface area contributed by atoms with E-state index >= 15 is 0 Å². The number of sulfonamides is 2. The molecule has 0 saturated heterocycles. The van der Waals surface area contributed by atoms with Gasteiger partial charge in [0, 0.05) is 6.54 Å². The van der Waals surface area contributed by atoms with Crippen LogP contribution in [0.1, 0.15) is 12.5 Å². The summed E-state index contributed by atoms with van der Waals surface area (Å²) >= 11 is 0. The highest BCUT2D eigenvalue weighted by Crippen LogP contribution is 2.14. The van der Waals surface area contributed by atoms with E-state index in [1.807, 2.05) is 0 Å². The molecule has 0 fully saturated rings. The Hall–Kier alpha value is -2.34. The van der Waals surface area contributed by atoms with E-state index in [9.17, 15) is 26.0 Å². The van der Waals surface area contributed by atoms with Gasteiger partial charge in [-0.15, -0.1) is 0 Å². The lowest BCUT2D eigenvalue weighted by molar-refractivity contribution is -0.122. The smallest absolute Gasteiger partial charge is 0.244 e. The highest BCUT2D eigenvalue weighted by Gasteiger charge is 2.24. The average molecular weight is 429 g/mol. The van der Waals surface area contributed by atoms with Crippen molar-refractivity contribution in [1.29, 1.82) is 0 Å². The SMILES string of the molecule is CNS(=O)(=O)c1ccc(CNC(=O)[C@H](C)NS(=O)(=O)c2ccccc2F)cc1.